The highest BCUT2D eigenvalue weighted by Crippen LogP contribution is 2.19. The quantitative estimate of drug-likeness (QED) is 0.904. The molecule has 0 radical (unpaired) electrons. The third-order valence-electron chi connectivity index (χ3n) is 3.89. The van der Waals surface area contributed by atoms with Gasteiger partial charge in [0, 0.05) is 25.7 Å². The second kappa shape index (κ2) is 5.94. The summed E-state index contributed by atoms with van der Waals surface area (Å²) in [4.78, 5) is 14.3. The van der Waals surface area contributed by atoms with E-state index < -0.39 is 0 Å². The van der Waals surface area contributed by atoms with Crippen molar-refractivity contribution in [1.29, 1.82) is 0 Å². The van der Waals surface area contributed by atoms with Crippen molar-refractivity contribution in [2.45, 2.75) is 38.5 Å². The van der Waals surface area contributed by atoms with Crippen molar-refractivity contribution in [2.24, 2.45) is 0 Å². The van der Waals surface area contributed by atoms with Crippen LogP contribution in [0.1, 0.15) is 24.0 Å². The number of ether oxygens (including phenoxy) is 1. The number of nitrogens with zero attached hydrogens (tertiary/aromatic N) is 1. The molecule has 1 saturated heterocycles. The Hall–Kier alpha value is -1.39. The number of nitrogens with one attached hydrogen (secondary N) is 1. The van der Waals surface area contributed by atoms with Gasteiger partial charge in [-0.1, -0.05) is 29.8 Å². The SMILES string of the molecule is Cc1ccc(CN2CCOC(C(=O)NC3CC3)C2)cc1. The van der Waals surface area contributed by atoms with Crippen LogP contribution in [0.25, 0.3) is 0 Å². The molecule has 1 heterocycles. The van der Waals surface area contributed by atoms with E-state index in [9.17, 15) is 4.79 Å². The minimum absolute atomic E-state index is 0.0566. The van der Waals surface area contributed by atoms with Crippen LogP contribution in [-0.2, 0) is 16.1 Å². The van der Waals surface area contributed by atoms with Crippen molar-refractivity contribution in [2.75, 3.05) is 19.7 Å². The molecule has 1 aliphatic carbocycles. The van der Waals surface area contributed by atoms with E-state index in [0.717, 1.165) is 25.9 Å². The molecule has 1 aromatic carbocycles. The van der Waals surface area contributed by atoms with Gasteiger partial charge in [-0.15, -0.1) is 0 Å². The average Bonchev–Trinajstić information content (AvgIpc) is 3.26. The molecule has 1 aromatic rings. The standard InChI is InChI=1S/C16H22N2O2/c1-12-2-4-13(5-3-12)10-18-8-9-20-15(11-18)16(19)17-14-6-7-14/h2-5,14-15H,6-11H2,1H3,(H,17,19). The molecular formula is C16H22N2O2. The van der Waals surface area contributed by atoms with Gasteiger partial charge in [0.15, 0.2) is 0 Å². The number of carbonyl (C=O) groups is 1. The second-order valence-corrected chi connectivity index (χ2v) is 5.86. The first-order valence-corrected chi connectivity index (χ1v) is 7.40. The number of carbonyl (C=O) groups excluding carboxylic acids is 1. The molecule has 1 unspecified atom stereocenters. The number of aryl methyl sites for hydroxylation is 1. The molecule has 108 valence electrons. The molecule has 1 amide bonds. The number of hydrogen-bond acceptors (Lipinski definition) is 3. The van der Waals surface area contributed by atoms with Crippen LogP contribution < -0.4 is 5.32 Å². The van der Waals surface area contributed by atoms with Crippen molar-refractivity contribution < 1.29 is 9.53 Å². The Morgan fingerprint density at radius 3 is 2.80 bits per heavy atom. The smallest absolute Gasteiger partial charge is 0.250 e. The van der Waals surface area contributed by atoms with Gasteiger partial charge in [-0.2, -0.15) is 0 Å². The Morgan fingerprint density at radius 1 is 1.35 bits per heavy atom. The van der Waals surface area contributed by atoms with Crippen LogP contribution in [-0.4, -0.2) is 42.6 Å². The molecule has 4 nitrogen and oxygen atoms in total. The molecule has 1 aliphatic heterocycles. The molecule has 1 saturated carbocycles. The summed E-state index contributed by atoms with van der Waals surface area (Å²) < 4.78 is 5.60. The average molecular weight is 274 g/mol. The van der Waals surface area contributed by atoms with Crippen molar-refractivity contribution in [3.05, 3.63) is 35.4 Å². The molecule has 4 heteroatoms. The zero-order valence-corrected chi connectivity index (χ0v) is 12.0. The normalized spacial score (nSPS) is 23.6. The van der Waals surface area contributed by atoms with Crippen molar-refractivity contribution in [3.8, 4) is 0 Å². The van der Waals surface area contributed by atoms with Gasteiger partial charge in [-0.25, -0.2) is 0 Å². The Bertz CT molecular complexity index is 468. The summed E-state index contributed by atoms with van der Waals surface area (Å²) in [5.74, 6) is 0.0566. The number of amides is 1. The molecule has 1 atom stereocenters. The Kier molecular flexibility index (Phi) is 4.03. The van der Waals surface area contributed by atoms with E-state index in [1.165, 1.54) is 11.1 Å². The number of morpholine rings is 1. The third kappa shape index (κ3) is 3.58. The monoisotopic (exact) mass is 274 g/mol. The molecule has 2 aliphatic rings. The summed E-state index contributed by atoms with van der Waals surface area (Å²) in [7, 11) is 0. The second-order valence-electron chi connectivity index (χ2n) is 5.86. The maximum Gasteiger partial charge on any atom is 0.250 e. The van der Waals surface area contributed by atoms with Gasteiger partial charge >= 0.3 is 0 Å². The van der Waals surface area contributed by atoms with Gasteiger partial charge in [0.2, 0.25) is 0 Å². The topological polar surface area (TPSA) is 41.6 Å². The lowest BCUT2D eigenvalue weighted by molar-refractivity contribution is -0.138. The molecule has 0 bridgehead atoms. The van der Waals surface area contributed by atoms with E-state index in [-0.39, 0.29) is 12.0 Å². The fourth-order valence-corrected chi connectivity index (χ4v) is 2.48. The molecule has 0 spiro atoms. The van der Waals surface area contributed by atoms with Gasteiger partial charge in [-0.3, -0.25) is 9.69 Å². The lowest BCUT2D eigenvalue weighted by Crippen LogP contribution is -2.49. The molecule has 0 aromatic heterocycles. The highest BCUT2D eigenvalue weighted by atomic mass is 16.5. The Labute approximate surface area is 120 Å². The van der Waals surface area contributed by atoms with Crippen molar-refractivity contribution in [1.82, 2.24) is 10.2 Å². The summed E-state index contributed by atoms with van der Waals surface area (Å²) in [6.45, 7) is 5.19. The van der Waals surface area contributed by atoms with E-state index >= 15 is 0 Å². The van der Waals surface area contributed by atoms with E-state index in [1.54, 1.807) is 0 Å². The van der Waals surface area contributed by atoms with Crippen LogP contribution >= 0.6 is 0 Å². The van der Waals surface area contributed by atoms with Gasteiger partial charge in [0.1, 0.15) is 6.10 Å². The predicted molar refractivity (Wildman–Crippen MR) is 77.4 cm³/mol. The van der Waals surface area contributed by atoms with Crippen LogP contribution in [0.4, 0.5) is 0 Å². The fourth-order valence-electron chi connectivity index (χ4n) is 2.48. The first kappa shape index (κ1) is 13.6. The van der Waals surface area contributed by atoms with E-state index in [2.05, 4.69) is 41.4 Å². The lowest BCUT2D eigenvalue weighted by atomic mass is 10.1. The molecule has 2 fully saturated rings. The number of benzene rings is 1. The van der Waals surface area contributed by atoms with Crippen LogP contribution in [0, 0.1) is 6.92 Å². The summed E-state index contributed by atoms with van der Waals surface area (Å²) >= 11 is 0. The van der Waals surface area contributed by atoms with Crippen molar-refractivity contribution in [3.63, 3.8) is 0 Å². The molecular weight excluding hydrogens is 252 g/mol. The van der Waals surface area contributed by atoms with E-state index in [4.69, 9.17) is 4.74 Å². The maximum atomic E-state index is 12.0. The first-order chi connectivity index (χ1) is 9.70. The Balaban J connectivity index is 1.54. The summed E-state index contributed by atoms with van der Waals surface area (Å²) in [5, 5.41) is 3.02. The van der Waals surface area contributed by atoms with E-state index in [1.807, 2.05) is 0 Å². The summed E-state index contributed by atoms with van der Waals surface area (Å²) in [5.41, 5.74) is 2.57. The molecule has 3 rings (SSSR count). The highest BCUT2D eigenvalue weighted by molar-refractivity contribution is 5.81. The van der Waals surface area contributed by atoms with Crippen LogP contribution in [0.15, 0.2) is 24.3 Å². The van der Waals surface area contributed by atoms with Gasteiger partial charge in [-0.05, 0) is 25.3 Å². The minimum Gasteiger partial charge on any atom is -0.366 e. The zero-order chi connectivity index (χ0) is 13.9. The van der Waals surface area contributed by atoms with Gasteiger partial charge in [0.05, 0.1) is 6.61 Å². The van der Waals surface area contributed by atoms with E-state index in [0.29, 0.717) is 19.2 Å². The molecule has 20 heavy (non-hydrogen) atoms. The number of rotatable bonds is 4. The maximum absolute atomic E-state index is 12.0. The lowest BCUT2D eigenvalue weighted by Gasteiger charge is -2.32. The van der Waals surface area contributed by atoms with Gasteiger partial charge in [0.25, 0.3) is 5.91 Å². The Morgan fingerprint density at radius 2 is 2.10 bits per heavy atom. The number of hydrogen-bond donors (Lipinski definition) is 1. The third-order valence-corrected chi connectivity index (χ3v) is 3.89. The largest absolute Gasteiger partial charge is 0.366 e. The summed E-state index contributed by atoms with van der Waals surface area (Å²) in [6, 6.07) is 8.98. The highest BCUT2D eigenvalue weighted by Gasteiger charge is 2.31. The molecule has 1 N–H and O–H groups in total. The van der Waals surface area contributed by atoms with Crippen LogP contribution in [0.5, 0.6) is 0 Å². The minimum atomic E-state index is -0.310. The fraction of sp³-hybridized carbons (Fsp3) is 0.562. The predicted octanol–water partition coefficient (Wildman–Crippen LogP) is 1.47. The first-order valence-electron chi connectivity index (χ1n) is 7.40. The van der Waals surface area contributed by atoms with Crippen molar-refractivity contribution >= 4 is 5.91 Å². The zero-order valence-electron chi connectivity index (χ0n) is 12.0. The summed E-state index contributed by atoms with van der Waals surface area (Å²) in [6.07, 6.45) is 1.92. The van der Waals surface area contributed by atoms with Gasteiger partial charge < -0.3 is 10.1 Å². The van der Waals surface area contributed by atoms with Crippen LogP contribution in [0.3, 0.4) is 0 Å². The van der Waals surface area contributed by atoms with Crippen LogP contribution in [0.2, 0.25) is 0 Å².